The van der Waals surface area contributed by atoms with Gasteiger partial charge in [0, 0.05) is 11.8 Å². The Kier molecular flexibility index (Phi) is 4.41. The van der Waals surface area contributed by atoms with Gasteiger partial charge in [0.15, 0.2) is 0 Å². The number of aromatic nitrogens is 1. The highest BCUT2D eigenvalue weighted by Gasteiger charge is 2.31. The van der Waals surface area contributed by atoms with Gasteiger partial charge in [-0.2, -0.15) is 0 Å². The molecule has 0 fully saturated rings. The Labute approximate surface area is 126 Å². The molecule has 21 heavy (non-hydrogen) atoms. The highest BCUT2D eigenvalue weighted by Crippen LogP contribution is 2.28. The second kappa shape index (κ2) is 6.08. The minimum absolute atomic E-state index is 0.209. The summed E-state index contributed by atoms with van der Waals surface area (Å²) >= 11 is 0. The molecule has 3 heteroatoms. The second-order valence-electron chi connectivity index (χ2n) is 5.64. The van der Waals surface area contributed by atoms with Gasteiger partial charge < -0.3 is 4.74 Å². The van der Waals surface area contributed by atoms with Crippen LogP contribution in [0.15, 0.2) is 42.6 Å². The third-order valence-electron chi connectivity index (χ3n) is 3.58. The Bertz CT molecular complexity index is 647. The van der Waals surface area contributed by atoms with Gasteiger partial charge in [0.05, 0.1) is 17.7 Å². The fourth-order valence-corrected chi connectivity index (χ4v) is 2.19. The predicted molar refractivity (Wildman–Crippen MR) is 84.1 cm³/mol. The zero-order chi connectivity index (χ0) is 15.5. The van der Waals surface area contributed by atoms with Gasteiger partial charge in [0.25, 0.3) is 0 Å². The summed E-state index contributed by atoms with van der Waals surface area (Å²) in [5.41, 5.74) is 3.34. The zero-order valence-electron chi connectivity index (χ0n) is 13.0. The van der Waals surface area contributed by atoms with E-state index in [4.69, 9.17) is 4.74 Å². The predicted octanol–water partition coefficient (Wildman–Crippen LogP) is 3.90. The Morgan fingerprint density at radius 1 is 1.24 bits per heavy atom. The maximum atomic E-state index is 12.1. The van der Waals surface area contributed by atoms with E-state index in [-0.39, 0.29) is 5.97 Å². The molecule has 0 amide bonds. The zero-order valence-corrected chi connectivity index (χ0v) is 13.0. The van der Waals surface area contributed by atoms with Gasteiger partial charge in [-0.05, 0) is 57.0 Å². The molecule has 3 nitrogen and oxygen atoms in total. The number of benzene rings is 1. The van der Waals surface area contributed by atoms with E-state index in [9.17, 15) is 4.79 Å². The van der Waals surface area contributed by atoms with Crippen LogP contribution in [0.4, 0.5) is 0 Å². The van der Waals surface area contributed by atoms with Crippen LogP contribution in [0, 0.1) is 6.92 Å². The van der Waals surface area contributed by atoms with Crippen molar-refractivity contribution in [1.82, 2.24) is 4.98 Å². The van der Waals surface area contributed by atoms with Crippen molar-refractivity contribution >= 4 is 5.97 Å². The van der Waals surface area contributed by atoms with Crippen LogP contribution in [0.25, 0.3) is 11.3 Å². The quantitative estimate of drug-likeness (QED) is 0.799. The number of esters is 1. The molecule has 0 N–H and O–H groups in total. The molecule has 0 radical (unpaired) electrons. The van der Waals surface area contributed by atoms with Gasteiger partial charge in [-0.15, -0.1) is 0 Å². The second-order valence-corrected chi connectivity index (χ2v) is 5.64. The summed E-state index contributed by atoms with van der Waals surface area (Å²) in [5.74, 6) is -0.209. The number of carbonyl (C=O) groups excluding carboxylic acids is 1. The summed E-state index contributed by atoms with van der Waals surface area (Å²) in [7, 11) is 0. The lowest BCUT2D eigenvalue weighted by atomic mass is 9.83. The SMILES string of the molecule is CCOC(=O)C(C)(C)c1cccc(-c2cc(C)ccn2)c1. The molecule has 0 aliphatic rings. The highest BCUT2D eigenvalue weighted by molar-refractivity contribution is 5.82. The maximum absolute atomic E-state index is 12.1. The Morgan fingerprint density at radius 3 is 2.67 bits per heavy atom. The van der Waals surface area contributed by atoms with Crippen molar-refractivity contribution in [2.45, 2.75) is 33.1 Å². The van der Waals surface area contributed by atoms with Crippen molar-refractivity contribution in [3.8, 4) is 11.3 Å². The smallest absolute Gasteiger partial charge is 0.315 e. The number of rotatable bonds is 4. The maximum Gasteiger partial charge on any atom is 0.315 e. The monoisotopic (exact) mass is 283 g/mol. The fourth-order valence-electron chi connectivity index (χ4n) is 2.19. The van der Waals surface area contributed by atoms with Crippen molar-refractivity contribution < 1.29 is 9.53 Å². The molecule has 0 unspecified atom stereocenters. The lowest BCUT2D eigenvalue weighted by Gasteiger charge is -2.23. The molecule has 0 spiro atoms. The van der Waals surface area contributed by atoms with Gasteiger partial charge >= 0.3 is 5.97 Å². The molecule has 1 heterocycles. The molecule has 0 bridgehead atoms. The molecular weight excluding hydrogens is 262 g/mol. The van der Waals surface area contributed by atoms with E-state index in [0.29, 0.717) is 6.61 Å². The lowest BCUT2D eigenvalue weighted by molar-refractivity contribution is -0.148. The van der Waals surface area contributed by atoms with Crippen molar-refractivity contribution in [2.75, 3.05) is 6.61 Å². The average molecular weight is 283 g/mol. The Hall–Kier alpha value is -2.16. The number of ether oxygens (including phenoxy) is 1. The van der Waals surface area contributed by atoms with Crippen LogP contribution in [0.1, 0.15) is 31.9 Å². The third-order valence-corrected chi connectivity index (χ3v) is 3.58. The molecule has 0 saturated heterocycles. The molecule has 2 aromatic rings. The summed E-state index contributed by atoms with van der Waals surface area (Å²) in [6.07, 6.45) is 1.80. The van der Waals surface area contributed by atoms with E-state index in [2.05, 4.69) is 4.98 Å². The van der Waals surface area contributed by atoms with E-state index in [1.165, 1.54) is 0 Å². The molecule has 0 aliphatic carbocycles. The topological polar surface area (TPSA) is 39.2 Å². The molecule has 0 saturated carbocycles. The summed E-state index contributed by atoms with van der Waals surface area (Å²) in [4.78, 5) is 16.5. The van der Waals surface area contributed by atoms with Crippen molar-refractivity contribution in [3.05, 3.63) is 53.7 Å². The largest absolute Gasteiger partial charge is 0.465 e. The number of carbonyl (C=O) groups is 1. The van der Waals surface area contributed by atoms with Gasteiger partial charge in [-0.25, -0.2) is 0 Å². The van der Waals surface area contributed by atoms with Crippen LogP contribution in [0.3, 0.4) is 0 Å². The minimum atomic E-state index is -0.671. The van der Waals surface area contributed by atoms with Crippen LogP contribution in [0.5, 0.6) is 0 Å². The van der Waals surface area contributed by atoms with Gasteiger partial charge in [0.1, 0.15) is 0 Å². The number of nitrogens with zero attached hydrogens (tertiary/aromatic N) is 1. The molecule has 1 aromatic carbocycles. The molecule has 0 aliphatic heterocycles. The normalized spacial score (nSPS) is 11.2. The van der Waals surface area contributed by atoms with Gasteiger partial charge in [-0.3, -0.25) is 9.78 Å². The van der Waals surface area contributed by atoms with E-state index >= 15 is 0 Å². The molecule has 1 aromatic heterocycles. The number of pyridine rings is 1. The number of aryl methyl sites for hydroxylation is 1. The van der Waals surface area contributed by atoms with Crippen molar-refractivity contribution in [1.29, 1.82) is 0 Å². The summed E-state index contributed by atoms with van der Waals surface area (Å²) in [6, 6.07) is 11.9. The van der Waals surface area contributed by atoms with Crippen molar-refractivity contribution in [3.63, 3.8) is 0 Å². The summed E-state index contributed by atoms with van der Waals surface area (Å²) in [6.45, 7) is 8.02. The van der Waals surface area contributed by atoms with Gasteiger partial charge in [0.2, 0.25) is 0 Å². The standard InChI is InChI=1S/C18H21NO2/c1-5-21-17(20)18(3,4)15-8-6-7-14(12-15)16-11-13(2)9-10-19-16/h6-12H,5H2,1-4H3. The summed E-state index contributed by atoms with van der Waals surface area (Å²) < 4.78 is 5.17. The average Bonchev–Trinajstić information content (AvgIpc) is 2.47. The van der Waals surface area contributed by atoms with E-state index in [1.807, 2.05) is 64.1 Å². The van der Waals surface area contributed by atoms with Crippen molar-refractivity contribution in [2.24, 2.45) is 0 Å². The first kappa shape index (κ1) is 15.2. The number of hydrogen-bond acceptors (Lipinski definition) is 3. The first-order valence-corrected chi connectivity index (χ1v) is 7.16. The fraction of sp³-hybridized carbons (Fsp3) is 0.333. The van der Waals surface area contributed by atoms with E-state index in [0.717, 1.165) is 22.4 Å². The van der Waals surface area contributed by atoms with E-state index < -0.39 is 5.41 Å². The van der Waals surface area contributed by atoms with Crippen LogP contribution in [-0.2, 0) is 14.9 Å². The molecule has 110 valence electrons. The summed E-state index contributed by atoms with van der Waals surface area (Å²) in [5, 5.41) is 0. The molecule has 2 rings (SSSR count). The van der Waals surface area contributed by atoms with Gasteiger partial charge in [-0.1, -0.05) is 18.2 Å². The van der Waals surface area contributed by atoms with Crippen LogP contribution < -0.4 is 0 Å². The first-order valence-electron chi connectivity index (χ1n) is 7.16. The number of hydrogen-bond donors (Lipinski definition) is 0. The Morgan fingerprint density at radius 2 is 2.00 bits per heavy atom. The molecule has 0 atom stereocenters. The third kappa shape index (κ3) is 3.30. The highest BCUT2D eigenvalue weighted by atomic mass is 16.5. The molecular formula is C18H21NO2. The lowest BCUT2D eigenvalue weighted by Crippen LogP contribution is -2.31. The Balaban J connectivity index is 2.40. The van der Waals surface area contributed by atoms with Crippen LogP contribution in [-0.4, -0.2) is 17.6 Å². The van der Waals surface area contributed by atoms with Crippen LogP contribution >= 0.6 is 0 Å². The minimum Gasteiger partial charge on any atom is -0.465 e. The van der Waals surface area contributed by atoms with E-state index in [1.54, 1.807) is 6.20 Å². The van der Waals surface area contributed by atoms with Crippen LogP contribution in [0.2, 0.25) is 0 Å². The first-order chi connectivity index (χ1) is 9.95.